The Morgan fingerprint density at radius 2 is 2.35 bits per heavy atom. The number of hydrogen-bond acceptors (Lipinski definition) is 4. The number of benzene rings is 1. The Morgan fingerprint density at radius 1 is 1.50 bits per heavy atom. The second-order valence-corrected chi connectivity index (χ2v) is 5.49. The summed E-state index contributed by atoms with van der Waals surface area (Å²) in [5.74, 6) is 1.96. The highest BCUT2D eigenvalue weighted by Gasteiger charge is 2.23. The van der Waals surface area contributed by atoms with E-state index in [1.54, 1.807) is 6.33 Å². The van der Waals surface area contributed by atoms with E-state index in [1.165, 1.54) is 11.1 Å². The third-order valence-corrected chi connectivity index (χ3v) is 3.74. The van der Waals surface area contributed by atoms with Crippen molar-refractivity contribution in [2.75, 3.05) is 6.54 Å². The number of fused-ring (bicyclic) bond motifs is 1. The zero-order valence-electron chi connectivity index (χ0n) is 12.1. The first kappa shape index (κ1) is 13.1. The van der Waals surface area contributed by atoms with Crippen LogP contribution < -0.4 is 10.1 Å². The third kappa shape index (κ3) is 2.54. The molecular weight excluding hydrogens is 252 g/mol. The number of hydrogen-bond donors (Lipinski definition) is 1. The summed E-state index contributed by atoms with van der Waals surface area (Å²) in [6.45, 7) is 5.01. The summed E-state index contributed by atoms with van der Waals surface area (Å²) < 4.78 is 7.89. The zero-order chi connectivity index (χ0) is 14.1. The van der Waals surface area contributed by atoms with E-state index in [1.807, 2.05) is 11.6 Å². The van der Waals surface area contributed by atoms with Gasteiger partial charge in [-0.25, -0.2) is 0 Å². The number of nitrogens with zero attached hydrogens (tertiary/aromatic N) is 3. The van der Waals surface area contributed by atoms with E-state index in [0.717, 1.165) is 24.5 Å². The van der Waals surface area contributed by atoms with Gasteiger partial charge in [-0.2, -0.15) is 0 Å². The molecular formula is C15H20N4O. The molecule has 0 radical (unpaired) electrons. The van der Waals surface area contributed by atoms with Crippen LogP contribution in [-0.2, 0) is 13.5 Å². The van der Waals surface area contributed by atoms with Gasteiger partial charge in [0.25, 0.3) is 0 Å². The first-order valence-electron chi connectivity index (χ1n) is 6.97. The minimum Gasteiger partial charge on any atom is -0.488 e. The predicted octanol–water partition coefficient (Wildman–Crippen LogP) is 1.78. The molecule has 20 heavy (non-hydrogen) atoms. The molecule has 5 nitrogen and oxygen atoms in total. The van der Waals surface area contributed by atoms with Gasteiger partial charge in [-0.15, -0.1) is 10.2 Å². The van der Waals surface area contributed by atoms with Gasteiger partial charge in [0.05, 0.1) is 6.04 Å². The topological polar surface area (TPSA) is 52.0 Å². The molecule has 1 aromatic carbocycles. The van der Waals surface area contributed by atoms with Crippen LogP contribution in [-0.4, -0.2) is 27.4 Å². The summed E-state index contributed by atoms with van der Waals surface area (Å²) in [6.07, 6.45) is 2.88. The van der Waals surface area contributed by atoms with Crippen molar-refractivity contribution in [2.45, 2.75) is 32.4 Å². The number of aromatic nitrogens is 3. The third-order valence-electron chi connectivity index (χ3n) is 3.74. The first-order valence-corrected chi connectivity index (χ1v) is 6.97. The van der Waals surface area contributed by atoms with Crippen LogP contribution in [0.3, 0.4) is 0 Å². The molecule has 1 aliphatic rings. The van der Waals surface area contributed by atoms with Gasteiger partial charge in [0.15, 0.2) is 0 Å². The van der Waals surface area contributed by atoms with Crippen LogP contribution in [0.15, 0.2) is 24.5 Å². The summed E-state index contributed by atoms with van der Waals surface area (Å²) >= 11 is 0. The molecule has 0 saturated heterocycles. The van der Waals surface area contributed by atoms with Crippen molar-refractivity contribution in [1.82, 2.24) is 20.1 Å². The molecule has 0 bridgehead atoms. The monoisotopic (exact) mass is 272 g/mol. The highest BCUT2D eigenvalue weighted by molar-refractivity contribution is 5.40. The van der Waals surface area contributed by atoms with Gasteiger partial charge in [0, 0.05) is 20.0 Å². The molecule has 0 aliphatic carbocycles. The maximum Gasteiger partial charge on any atom is 0.149 e. The molecule has 5 heteroatoms. The standard InChI is InChI=1S/C15H20N4O/c1-10-4-5-14-12(6-10)7-13(20-14)8-16-11(2)15-18-17-9-19(15)3/h4-6,9,11,13,16H,7-8H2,1-3H3. The van der Waals surface area contributed by atoms with Gasteiger partial charge in [-0.1, -0.05) is 17.7 Å². The average Bonchev–Trinajstić information content (AvgIpc) is 3.01. The van der Waals surface area contributed by atoms with Crippen LogP contribution in [0.2, 0.25) is 0 Å². The minimum absolute atomic E-state index is 0.163. The molecule has 0 amide bonds. The molecule has 106 valence electrons. The van der Waals surface area contributed by atoms with Gasteiger partial charge in [-0.3, -0.25) is 0 Å². The molecule has 1 aliphatic heterocycles. The van der Waals surface area contributed by atoms with E-state index in [0.29, 0.717) is 0 Å². The lowest BCUT2D eigenvalue weighted by Gasteiger charge is -2.16. The maximum atomic E-state index is 5.95. The van der Waals surface area contributed by atoms with Crippen molar-refractivity contribution in [1.29, 1.82) is 0 Å². The SMILES string of the molecule is Cc1ccc2c(c1)CC(CNC(C)c1nncn1C)O2. The second-order valence-electron chi connectivity index (χ2n) is 5.49. The van der Waals surface area contributed by atoms with Crippen molar-refractivity contribution >= 4 is 0 Å². The Bertz CT molecular complexity index is 608. The molecule has 2 heterocycles. The Hall–Kier alpha value is -1.88. The van der Waals surface area contributed by atoms with Crippen LogP contribution in [0.5, 0.6) is 5.75 Å². The molecule has 3 rings (SSSR count). The van der Waals surface area contributed by atoms with Crippen LogP contribution >= 0.6 is 0 Å². The smallest absolute Gasteiger partial charge is 0.149 e. The van der Waals surface area contributed by atoms with Crippen molar-refractivity contribution in [3.8, 4) is 5.75 Å². The average molecular weight is 272 g/mol. The molecule has 2 unspecified atom stereocenters. The first-order chi connectivity index (χ1) is 9.63. The predicted molar refractivity (Wildman–Crippen MR) is 76.7 cm³/mol. The van der Waals surface area contributed by atoms with E-state index in [9.17, 15) is 0 Å². The van der Waals surface area contributed by atoms with Crippen molar-refractivity contribution in [3.05, 3.63) is 41.5 Å². The van der Waals surface area contributed by atoms with Gasteiger partial charge < -0.3 is 14.6 Å². The summed E-state index contributed by atoms with van der Waals surface area (Å²) in [5, 5.41) is 11.5. The lowest BCUT2D eigenvalue weighted by Crippen LogP contribution is -2.32. The molecule has 1 aromatic heterocycles. The van der Waals surface area contributed by atoms with Crippen LogP contribution in [0, 0.1) is 6.92 Å². The van der Waals surface area contributed by atoms with Crippen LogP contribution in [0.1, 0.15) is 29.9 Å². The quantitative estimate of drug-likeness (QED) is 0.921. The Balaban J connectivity index is 1.57. The molecule has 2 atom stereocenters. The van der Waals surface area contributed by atoms with Gasteiger partial charge in [0.1, 0.15) is 24.0 Å². The highest BCUT2D eigenvalue weighted by Crippen LogP contribution is 2.29. The van der Waals surface area contributed by atoms with Crippen molar-refractivity contribution < 1.29 is 4.74 Å². The normalized spacial score (nSPS) is 18.6. The number of ether oxygens (including phenoxy) is 1. The van der Waals surface area contributed by atoms with E-state index in [2.05, 4.69) is 47.6 Å². The summed E-state index contributed by atoms with van der Waals surface area (Å²) in [7, 11) is 1.96. The fourth-order valence-electron chi connectivity index (χ4n) is 2.65. The number of nitrogens with one attached hydrogen (secondary N) is 1. The fourth-order valence-corrected chi connectivity index (χ4v) is 2.65. The Kier molecular flexibility index (Phi) is 3.44. The van der Waals surface area contributed by atoms with E-state index in [-0.39, 0.29) is 12.1 Å². The molecule has 0 fully saturated rings. The molecule has 0 saturated carbocycles. The largest absolute Gasteiger partial charge is 0.488 e. The molecule has 0 spiro atoms. The second kappa shape index (κ2) is 5.25. The maximum absolute atomic E-state index is 5.95. The van der Waals surface area contributed by atoms with Gasteiger partial charge in [-0.05, 0) is 25.5 Å². The summed E-state index contributed by atoms with van der Waals surface area (Å²) in [6, 6.07) is 6.53. The van der Waals surface area contributed by atoms with E-state index >= 15 is 0 Å². The summed E-state index contributed by atoms with van der Waals surface area (Å²) in [4.78, 5) is 0. The van der Waals surface area contributed by atoms with Crippen molar-refractivity contribution in [2.24, 2.45) is 7.05 Å². The van der Waals surface area contributed by atoms with Crippen LogP contribution in [0.25, 0.3) is 0 Å². The molecule has 1 N–H and O–H groups in total. The lowest BCUT2D eigenvalue weighted by molar-refractivity contribution is 0.221. The van der Waals surface area contributed by atoms with Gasteiger partial charge >= 0.3 is 0 Å². The Morgan fingerprint density at radius 3 is 3.10 bits per heavy atom. The number of aryl methyl sites for hydroxylation is 2. The minimum atomic E-state index is 0.163. The lowest BCUT2D eigenvalue weighted by atomic mass is 10.1. The zero-order valence-corrected chi connectivity index (χ0v) is 12.1. The Labute approximate surface area is 119 Å². The highest BCUT2D eigenvalue weighted by atomic mass is 16.5. The van der Waals surface area contributed by atoms with Crippen LogP contribution in [0.4, 0.5) is 0 Å². The van der Waals surface area contributed by atoms with E-state index < -0.39 is 0 Å². The van der Waals surface area contributed by atoms with Crippen molar-refractivity contribution in [3.63, 3.8) is 0 Å². The number of rotatable bonds is 4. The molecule has 2 aromatic rings. The van der Waals surface area contributed by atoms with E-state index in [4.69, 9.17) is 4.74 Å². The van der Waals surface area contributed by atoms with Gasteiger partial charge in [0.2, 0.25) is 0 Å². The fraction of sp³-hybridized carbons (Fsp3) is 0.467. The summed E-state index contributed by atoms with van der Waals surface area (Å²) in [5.41, 5.74) is 2.59.